The molecule has 0 atom stereocenters. The second-order valence-electron chi connectivity index (χ2n) is 3.69. The van der Waals surface area contributed by atoms with Gasteiger partial charge in [-0.1, -0.05) is 0 Å². The van der Waals surface area contributed by atoms with E-state index >= 15 is 0 Å². The summed E-state index contributed by atoms with van der Waals surface area (Å²) < 4.78 is 0. The molecule has 0 amide bonds. The van der Waals surface area contributed by atoms with Crippen molar-refractivity contribution in [3.05, 3.63) is 12.2 Å². The zero-order valence-corrected chi connectivity index (χ0v) is 8.51. The first-order valence-electron chi connectivity index (χ1n) is 3.06. The molecule has 0 aromatic rings. The minimum atomic E-state index is -1.25. The van der Waals surface area contributed by atoms with E-state index in [0.717, 1.165) is 0 Å². The Bertz CT molecular complexity index is 87.1. The van der Waals surface area contributed by atoms with Crippen LogP contribution < -0.4 is 0 Å². The first-order valence-corrected chi connectivity index (χ1v) is 10.8. The van der Waals surface area contributed by atoms with Crippen LogP contribution in [0.25, 0.3) is 0 Å². The van der Waals surface area contributed by atoms with Crippen LogP contribution in [0.5, 0.6) is 0 Å². The van der Waals surface area contributed by atoms with Crippen molar-refractivity contribution in [1.29, 1.82) is 0 Å². The molecule has 0 spiro atoms. The molecule has 0 nitrogen and oxygen atoms in total. The van der Waals surface area contributed by atoms with Crippen LogP contribution in [-0.4, -0.2) is 13.3 Å². The zero-order chi connectivity index (χ0) is 6.78. The molecule has 0 aliphatic rings. The molecule has 0 bridgehead atoms. The van der Waals surface area contributed by atoms with Crippen molar-refractivity contribution in [2.75, 3.05) is 0 Å². The normalized spacial score (nSPS) is 11.5. The molecule has 0 aliphatic heterocycles. The predicted octanol–water partition coefficient (Wildman–Crippen LogP) is 2.90. The topological polar surface area (TPSA) is 0 Å². The van der Waals surface area contributed by atoms with Crippen LogP contribution in [0.15, 0.2) is 12.2 Å². The van der Waals surface area contributed by atoms with Crippen LogP contribution >= 0.6 is 0 Å². The van der Waals surface area contributed by atoms with E-state index in [4.69, 9.17) is 0 Å². The van der Waals surface area contributed by atoms with Gasteiger partial charge in [-0.3, -0.25) is 0 Å². The fourth-order valence-corrected chi connectivity index (χ4v) is 4.70. The number of allylic oxidation sites excluding steroid dienone is 1. The average molecular weight is 173 g/mol. The van der Waals surface area contributed by atoms with Crippen LogP contribution in [0.3, 0.4) is 0 Å². The van der Waals surface area contributed by atoms with Gasteiger partial charge in [0.2, 0.25) is 0 Å². The Hall–Kier alpha value is 0.283. The molecule has 0 N–H and O–H groups in total. The summed E-state index contributed by atoms with van der Waals surface area (Å²) in [4.78, 5) is 0. The monoisotopic (exact) mass is 174 g/mol. The molecule has 0 radical (unpaired) electrons. The first-order chi connectivity index (χ1) is 3.42. The SMILES string of the molecule is C=C(C)[CH2][Ge]([CH3])([CH3])[CH3]. The van der Waals surface area contributed by atoms with E-state index < -0.39 is 13.3 Å². The van der Waals surface area contributed by atoms with Crippen molar-refractivity contribution < 1.29 is 0 Å². The van der Waals surface area contributed by atoms with Crippen LogP contribution in [0.1, 0.15) is 6.92 Å². The minimum absolute atomic E-state index is 1.25. The van der Waals surface area contributed by atoms with Gasteiger partial charge >= 0.3 is 54.9 Å². The Morgan fingerprint density at radius 1 is 1.38 bits per heavy atom. The molecular formula is C7H16Ge. The molecule has 48 valence electrons. The van der Waals surface area contributed by atoms with Crippen molar-refractivity contribution in [2.45, 2.75) is 29.4 Å². The van der Waals surface area contributed by atoms with E-state index in [1.54, 1.807) is 0 Å². The molecule has 0 saturated heterocycles. The standard InChI is InChI=1S/C7H16Ge/c1-7(2)6-8(3,4)5/h1,6H2,2-5H3. The quantitative estimate of drug-likeness (QED) is 0.444. The molecule has 0 aromatic carbocycles. The Kier molecular flexibility index (Phi) is 2.82. The molecule has 0 aliphatic carbocycles. The van der Waals surface area contributed by atoms with Gasteiger partial charge in [0, 0.05) is 0 Å². The second kappa shape index (κ2) is 2.72. The van der Waals surface area contributed by atoms with E-state index in [9.17, 15) is 0 Å². The van der Waals surface area contributed by atoms with Gasteiger partial charge in [-0.2, -0.15) is 0 Å². The van der Waals surface area contributed by atoms with E-state index in [1.165, 1.54) is 10.8 Å². The van der Waals surface area contributed by atoms with Gasteiger partial charge in [-0.15, -0.1) is 0 Å². The van der Waals surface area contributed by atoms with Crippen molar-refractivity contribution in [3.63, 3.8) is 0 Å². The first kappa shape index (κ1) is 8.28. The molecule has 0 aromatic heterocycles. The number of hydrogen-bond donors (Lipinski definition) is 0. The van der Waals surface area contributed by atoms with Gasteiger partial charge in [0.05, 0.1) is 0 Å². The maximum absolute atomic E-state index is 3.89. The summed E-state index contributed by atoms with van der Waals surface area (Å²) in [6.45, 7) is 6.01. The summed E-state index contributed by atoms with van der Waals surface area (Å²) in [5.41, 5.74) is 1.36. The van der Waals surface area contributed by atoms with Crippen LogP contribution in [0, 0.1) is 0 Å². The summed E-state index contributed by atoms with van der Waals surface area (Å²) in [6, 6.07) is 0. The van der Waals surface area contributed by atoms with Gasteiger partial charge in [0.15, 0.2) is 0 Å². The molecule has 0 saturated carbocycles. The third-order valence-corrected chi connectivity index (χ3v) is 4.32. The van der Waals surface area contributed by atoms with E-state index in [-0.39, 0.29) is 0 Å². The van der Waals surface area contributed by atoms with Gasteiger partial charge in [0.25, 0.3) is 0 Å². The van der Waals surface area contributed by atoms with Crippen molar-refractivity contribution in [1.82, 2.24) is 0 Å². The van der Waals surface area contributed by atoms with Gasteiger partial charge < -0.3 is 0 Å². The summed E-state index contributed by atoms with van der Waals surface area (Å²) >= 11 is -1.25. The van der Waals surface area contributed by atoms with Gasteiger partial charge in [0.1, 0.15) is 0 Å². The third-order valence-electron chi connectivity index (χ3n) is 0.832. The fourth-order valence-electron chi connectivity index (χ4n) is 0.905. The molecular weight excluding hydrogens is 157 g/mol. The van der Waals surface area contributed by atoms with E-state index in [2.05, 4.69) is 30.8 Å². The van der Waals surface area contributed by atoms with Crippen molar-refractivity contribution >= 4 is 13.3 Å². The Morgan fingerprint density at radius 3 is 1.75 bits per heavy atom. The summed E-state index contributed by atoms with van der Waals surface area (Å²) in [5, 5.41) is 1.32. The van der Waals surface area contributed by atoms with E-state index in [0.29, 0.717) is 0 Å². The molecule has 0 unspecified atom stereocenters. The molecule has 1 heteroatoms. The molecule has 0 fully saturated rings. The molecule has 0 rings (SSSR count). The fraction of sp³-hybridized carbons (Fsp3) is 0.714. The molecule has 8 heavy (non-hydrogen) atoms. The van der Waals surface area contributed by atoms with E-state index in [1.807, 2.05) is 0 Å². The maximum atomic E-state index is 3.89. The Balaban J connectivity index is 3.55. The second-order valence-corrected chi connectivity index (χ2v) is 15.2. The van der Waals surface area contributed by atoms with Gasteiger partial charge in [-0.05, 0) is 0 Å². The van der Waals surface area contributed by atoms with Gasteiger partial charge in [-0.25, -0.2) is 0 Å². The van der Waals surface area contributed by atoms with Crippen LogP contribution in [-0.2, 0) is 0 Å². The predicted molar refractivity (Wildman–Crippen MR) is 43.0 cm³/mol. The Labute approximate surface area is 55.3 Å². The van der Waals surface area contributed by atoms with Crippen LogP contribution in [0.4, 0.5) is 0 Å². The average Bonchev–Trinajstić information content (AvgIpc) is 1.21. The summed E-state index contributed by atoms with van der Waals surface area (Å²) in [7, 11) is 0. The zero-order valence-electron chi connectivity index (χ0n) is 6.41. The number of hydrogen-bond acceptors (Lipinski definition) is 0. The molecule has 0 heterocycles. The summed E-state index contributed by atoms with van der Waals surface area (Å²) in [6.07, 6.45) is 0. The van der Waals surface area contributed by atoms with Crippen molar-refractivity contribution in [2.24, 2.45) is 0 Å². The Morgan fingerprint density at radius 2 is 1.75 bits per heavy atom. The van der Waals surface area contributed by atoms with Crippen LogP contribution in [0.2, 0.25) is 22.5 Å². The third kappa shape index (κ3) is 6.28. The number of rotatable bonds is 2. The van der Waals surface area contributed by atoms with Crippen molar-refractivity contribution in [3.8, 4) is 0 Å². The summed E-state index contributed by atoms with van der Waals surface area (Å²) in [5.74, 6) is 7.23.